The first-order valence-corrected chi connectivity index (χ1v) is 6.38. The second-order valence-electron chi connectivity index (χ2n) is 5.27. The van der Waals surface area contributed by atoms with Crippen LogP contribution in [0.15, 0.2) is 0 Å². The van der Waals surface area contributed by atoms with Crippen molar-refractivity contribution in [1.29, 1.82) is 0 Å². The monoisotopic (exact) mass is 214 g/mol. The summed E-state index contributed by atoms with van der Waals surface area (Å²) >= 11 is 0. The third-order valence-electron chi connectivity index (χ3n) is 3.78. The van der Waals surface area contributed by atoms with Crippen molar-refractivity contribution in [3.05, 3.63) is 0 Å². The zero-order chi connectivity index (χ0) is 11.3. The van der Waals surface area contributed by atoms with Gasteiger partial charge >= 0.3 is 0 Å². The summed E-state index contributed by atoms with van der Waals surface area (Å²) in [5.41, 5.74) is -0.207. The molecule has 0 saturated heterocycles. The minimum Gasteiger partial charge on any atom is -0.393 e. The molecule has 1 aliphatic carbocycles. The molecule has 0 unspecified atom stereocenters. The largest absolute Gasteiger partial charge is 0.393 e. The van der Waals surface area contributed by atoms with Crippen LogP contribution in [0.1, 0.15) is 52.9 Å². The smallest absolute Gasteiger partial charge is 0.0912 e. The minimum atomic E-state index is -0.207. The van der Waals surface area contributed by atoms with E-state index in [4.69, 9.17) is 4.74 Å². The van der Waals surface area contributed by atoms with Crippen LogP contribution in [0.3, 0.4) is 0 Å². The van der Waals surface area contributed by atoms with Gasteiger partial charge in [-0.15, -0.1) is 0 Å². The van der Waals surface area contributed by atoms with E-state index in [-0.39, 0.29) is 12.2 Å². The van der Waals surface area contributed by atoms with Gasteiger partial charge in [-0.3, -0.25) is 0 Å². The Balaban J connectivity index is 2.43. The van der Waals surface area contributed by atoms with Gasteiger partial charge in [-0.2, -0.15) is 0 Å². The molecule has 0 aromatic rings. The third-order valence-corrected chi connectivity index (χ3v) is 3.78. The predicted octanol–water partition coefficient (Wildman–Crippen LogP) is 2.99. The van der Waals surface area contributed by atoms with Crippen LogP contribution in [0, 0.1) is 11.8 Å². The second-order valence-corrected chi connectivity index (χ2v) is 5.27. The maximum atomic E-state index is 9.47. The van der Waals surface area contributed by atoms with Gasteiger partial charge in [0.25, 0.3) is 0 Å². The van der Waals surface area contributed by atoms with E-state index in [1.165, 1.54) is 12.8 Å². The standard InChI is InChI=1S/C13H26O2/c1-4-9-15-13(10-14)7-5-12(6-8-13)11(2)3/h11-12,14H,4-10H2,1-3H3. The Bertz CT molecular complexity index is 169. The van der Waals surface area contributed by atoms with Crippen molar-refractivity contribution in [2.24, 2.45) is 11.8 Å². The van der Waals surface area contributed by atoms with E-state index in [9.17, 15) is 5.11 Å². The quantitative estimate of drug-likeness (QED) is 0.762. The number of aliphatic hydroxyl groups is 1. The fourth-order valence-electron chi connectivity index (χ4n) is 2.50. The van der Waals surface area contributed by atoms with Gasteiger partial charge in [-0.25, -0.2) is 0 Å². The second kappa shape index (κ2) is 5.86. The first-order chi connectivity index (χ1) is 7.13. The highest BCUT2D eigenvalue weighted by atomic mass is 16.5. The molecule has 0 aromatic heterocycles. The molecule has 0 aromatic carbocycles. The number of hydrogen-bond donors (Lipinski definition) is 1. The fourth-order valence-corrected chi connectivity index (χ4v) is 2.50. The van der Waals surface area contributed by atoms with Crippen molar-refractivity contribution >= 4 is 0 Å². The SMILES string of the molecule is CCCOC1(CO)CCC(C(C)C)CC1. The molecule has 0 radical (unpaired) electrons. The van der Waals surface area contributed by atoms with Gasteiger partial charge in [0.05, 0.1) is 12.2 Å². The third kappa shape index (κ3) is 3.46. The highest BCUT2D eigenvalue weighted by molar-refractivity contribution is 4.87. The summed E-state index contributed by atoms with van der Waals surface area (Å²) in [5.74, 6) is 1.60. The number of hydrogen-bond acceptors (Lipinski definition) is 2. The Hall–Kier alpha value is -0.0800. The maximum absolute atomic E-state index is 9.47. The van der Waals surface area contributed by atoms with Crippen LogP contribution >= 0.6 is 0 Å². The van der Waals surface area contributed by atoms with Gasteiger partial charge in [-0.05, 0) is 43.9 Å². The molecule has 0 atom stereocenters. The van der Waals surface area contributed by atoms with Crippen LogP contribution in [0.25, 0.3) is 0 Å². The molecule has 0 aliphatic heterocycles. The van der Waals surface area contributed by atoms with Crippen molar-refractivity contribution in [2.75, 3.05) is 13.2 Å². The van der Waals surface area contributed by atoms with Gasteiger partial charge in [0.15, 0.2) is 0 Å². The molecule has 2 heteroatoms. The fraction of sp³-hybridized carbons (Fsp3) is 1.00. The van der Waals surface area contributed by atoms with E-state index in [0.29, 0.717) is 0 Å². The van der Waals surface area contributed by atoms with Gasteiger partial charge in [-0.1, -0.05) is 20.8 Å². The Labute approximate surface area is 94.0 Å². The molecule has 1 fully saturated rings. The number of rotatable bonds is 5. The normalized spacial score (nSPS) is 32.2. The van der Waals surface area contributed by atoms with Crippen molar-refractivity contribution in [3.8, 4) is 0 Å². The lowest BCUT2D eigenvalue weighted by atomic mass is 9.75. The molecule has 1 saturated carbocycles. The van der Waals surface area contributed by atoms with Crippen LogP contribution < -0.4 is 0 Å². The lowest BCUT2D eigenvalue weighted by molar-refractivity contribution is -0.110. The maximum Gasteiger partial charge on any atom is 0.0912 e. The summed E-state index contributed by atoms with van der Waals surface area (Å²) in [6.07, 6.45) is 5.53. The van der Waals surface area contributed by atoms with Gasteiger partial charge in [0.1, 0.15) is 0 Å². The van der Waals surface area contributed by atoms with Crippen LogP contribution in [0.5, 0.6) is 0 Å². The lowest BCUT2D eigenvalue weighted by Crippen LogP contribution is -2.41. The van der Waals surface area contributed by atoms with E-state index in [2.05, 4.69) is 20.8 Å². The van der Waals surface area contributed by atoms with Gasteiger partial charge in [0.2, 0.25) is 0 Å². The molecule has 1 rings (SSSR count). The lowest BCUT2D eigenvalue weighted by Gasteiger charge is -2.40. The summed E-state index contributed by atoms with van der Waals surface area (Å²) in [4.78, 5) is 0. The summed E-state index contributed by atoms with van der Waals surface area (Å²) in [7, 11) is 0. The van der Waals surface area contributed by atoms with Crippen molar-refractivity contribution in [3.63, 3.8) is 0 Å². The highest BCUT2D eigenvalue weighted by Gasteiger charge is 2.36. The van der Waals surface area contributed by atoms with Crippen molar-refractivity contribution in [1.82, 2.24) is 0 Å². The van der Waals surface area contributed by atoms with Crippen LogP contribution in [-0.4, -0.2) is 23.9 Å². The number of ether oxygens (including phenoxy) is 1. The summed E-state index contributed by atoms with van der Waals surface area (Å²) in [6.45, 7) is 7.68. The Morgan fingerprint density at radius 2 is 1.93 bits per heavy atom. The predicted molar refractivity (Wildman–Crippen MR) is 62.9 cm³/mol. The highest BCUT2D eigenvalue weighted by Crippen LogP contribution is 2.37. The van der Waals surface area contributed by atoms with E-state index in [1.54, 1.807) is 0 Å². The molecule has 0 amide bonds. The zero-order valence-electron chi connectivity index (χ0n) is 10.5. The molecule has 1 aliphatic rings. The Morgan fingerprint density at radius 3 is 2.33 bits per heavy atom. The molecule has 0 spiro atoms. The molecule has 1 N–H and O–H groups in total. The Kier molecular flexibility index (Phi) is 5.07. The van der Waals surface area contributed by atoms with Gasteiger partial charge < -0.3 is 9.84 Å². The zero-order valence-corrected chi connectivity index (χ0v) is 10.5. The average Bonchev–Trinajstić information content (AvgIpc) is 2.27. The average molecular weight is 214 g/mol. The van der Waals surface area contributed by atoms with Crippen LogP contribution in [-0.2, 0) is 4.74 Å². The molecule has 0 bridgehead atoms. The summed E-state index contributed by atoms with van der Waals surface area (Å²) in [6, 6.07) is 0. The molecule has 0 heterocycles. The molecule has 90 valence electrons. The first kappa shape index (κ1) is 13.0. The number of aliphatic hydroxyl groups excluding tert-OH is 1. The minimum absolute atomic E-state index is 0.192. The first-order valence-electron chi connectivity index (χ1n) is 6.38. The summed E-state index contributed by atoms with van der Waals surface area (Å²) in [5, 5.41) is 9.47. The van der Waals surface area contributed by atoms with E-state index >= 15 is 0 Å². The molecular formula is C13H26O2. The van der Waals surface area contributed by atoms with Crippen molar-refractivity contribution < 1.29 is 9.84 Å². The summed E-state index contributed by atoms with van der Waals surface area (Å²) < 4.78 is 5.85. The molecule has 15 heavy (non-hydrogen) atoms. The van der Waals surface area contributed by atoms with Gasteiger partial charge in [0, 0.05) is 6.61 Å². The topological polar surface area (TPSA) is 29.5 Å². The Morgan fingerprint density at radius 1 is 1.33 bits per heavy atom. The van der Waals surface area contributed by atoms with E-state index < -0.39 is 0 Å². The van der Waals surface area contributed by atoms with Crippen LogP contribution in [0.2, 0.25) is 0 Å². The van der Waals surface area contributed by atoms with E-state index in [0.717, 1.165) is 37.7 Å². The molecule has 2 nitrogen and oxygen atoms in total. The van der Waals surface area contributed by atoms with Crippen LogP contribution in [0.4, 0.5) is 0 Å². The van der Waals surface area contributed by atoms with E-state index in [1.807, 2.05) is 0 Å². The van der Waals surface area contributed by atoms with Crippen molar-refractivity contribution in [2.45, 2.75) is 58.5 Å². The molecular weight excluding hydrogens is 188 g/mol.